The van der Waals surface area contributed by atoms with Crippen molar-refractivity contribution in [1.29, 1.82) is 0 Å². The molecule has 3 atom stereocenters. The molecule has 4 nitrogen and oxygen atoms in total. The van der Waals surface area contributed by atoms with Gasteiger partial charge in [-0.15, -0.1) is 0 Å². The molecule has 0 saturated carbocycles. The van der Waals surface area contributed by atoms with E-state index in [0.29, 0.717) is 0 Å². The maximum absolute atomic E-state index is 13.3. The van der Waals surface area contributed by atoms with E-state index in [1.54, 1.807) is 0 Å². The molecule has 0 aliphatic carbocycles. The fourth-order valence-electron chi connectivity index (χ4n) is 5.10. The Morgan fingerprint density at radius 1 is 1.19 bits per heavy atom. The molecule has 2 fully saturated rings. The highest BCUT2D eigenvalue weighted by atomic mass is 16.3. The molecule has 2 aliphatic rings. The van der Waals surface area contributed by atoms with Crippen LogP contribution in [0.2, 0.25) is 0 Å². The monoisotopic (exact) mass is 366 g/mol. The molecule has 0 unspecified atom stereocenters. The molecule has 3 heterocycles. The van der Waals surface area contributed by atoms with Crippen LogP contribution in [-0.4, -0.2) is 39.2 Å². The highest BCUT2D eigenvalue weighted by molar-refractivity contribution is 5.95. The topological polar surface area (TPSA) is 45.5 Å². The summed E-state index contributed by atoms with van der Waals surface area (Å²) < 4.78 is 2.10. The fourth-order valence-corrected chi connectivity index (χ4v) is 5.10. The molecule has 0 radical (unpaired) electrons. The number of fused-ring (bicyclic) bond motifs is 2. The molecular weight excluding hydrogens is 336 g/mol. The molecular formula is C23H30N2O2. The second kappa shape index (κ2) is 6.52. The molecule has 4 heteroatoms. The summed E-state index contributed by atoms with van der Waals surface area (Å²) in [6, 6.07) is 12.7. The van der Waals surface area contributed by atoms with Gasteiger partial charge >= 0.3 is 0 Å². The number of aromatic nitrogens is 1. The first-order valence-corrected chi connectivity index (χ1v) is 10.00. The van der Waals surface area contributed by atoms with E-state index in [9.17, 15) is 9.90 Å². The lowest BCUT2D eigenvalue weighted by molar-refractivity contribution is 0.0571. The maximum Gasteiger partial charge on any atom is 0.255 e. The first kappa shape index (κ1) is 18.3. The Morgan fingerprint density at radius 3 is 2.56 bits per heavy atom. The van der Waals surface area contributed by atoms with Crippen molar-refractivity contribution in [3.8, 4) is 0 Å². The molecule has 2 saturated heterocycles. The van der Waals surface area contributed by atoms with E-state index in [-0.39, 0.29) is 35.6 Å². The van der Waals surface area contributed by atoms with Gasteiger partial charge in [-0.1, -0.05) is 30.3 Å². The minimum absolute atomic E-state index is 0.0370. The molecule has 1 aromatic heterocycles. The molecule has 4 rings (SSSR count). The van der Waals surface area contributed by atoms with Gasteiger partial charge in [-0.3, -0.25) is 4.79 Å². The summed E-state index contributed by atoms with van der Waals surface area (Å²) in [4.78, 5) is 15.4. The van der Waals surface area contributed by atoms with Gasteiger partial charge in [0, 0.05) is 35.4 Å². The Balaban J connectivity index is 1.59. The number of carbonyl (C=O) groups excluding carboxylic acids is 1. The fraction of sp³-hybridized carbons (Fsp3) is 0.522. The highest BCUT2D eigenvalue weighted by Gasteiger charge is 2.57. The van der Waals surface area contributed by atoms with Gasteiger partial charge in [0.05, 0.1) is 12.2 Å². The van der Waals surface area contributed by atoms with Gasteiger partial charge in [0.2, 0.25) is 0 Å². The smallest absolute Gasteiger partial charge is 0.255 e. The molecule has 2 aromatic rings. The molecule has 1 amide bonds. The minimum atomic E-state index is -0.216. The molecule has 144 valence electrons. The number of aliphatic hydroxyl groups excluding tert-OH is 1. The van der Waals surface area contributed by atoms with E-state index >= 15 is 0 Å². The quantitative estimate of drug-likeness (QED) is 0.893. The second-order valence-corrected chi connectivity index (χ2v) is 9.32. The number of hydrogen-bond acceptors (Lipinski definition) is 2. The number of carbonyl (C=O) groups is 1. The summed E-state index contributed by atoms with van der Waals surface area (Å²) >= 11 is 0. The van der Waals surface area contributed by atoms with Crippen LogP contribution in [0.3, 0.4) is 0 Å². The molecule has 2 bridgehead atoms. The van der Waals surface area contributed by atoms with E-state index in [4.69, 9.17) is 0 Å². The Labute approximate surface area is 161 Å². The number of hydrogen-bond donors (Lipinski definition) is 1. The van der Waals surface area contributed by atoms with Crippen LogP contribution >= 0.6 is 0 Å². The molecule has 2 aliphatic heterocycles. The number of nitrogens with zero attached hydrogens (tertiary/aromatic N) is 2. The molecule has 1 N–H and O–H groups in total. The molecule has 1 aromatic carbocycles. The van der Waals surface area contributed by atoms with Crippen molar-refractivity contribution >= 4 is 5.91 Å². The van der Waals surface area contributed by atoms with Crippen LogP contribution < -0.4 is 0 Å². The van der Waals surface area contributed by atoms with Gasteiger partial charge in [-0.2, -0.15) is 0 Å². The van der Waals surface area contributed by atoms with Crippen LogP contribution in [0.5, 0.6) is 0 Å². The lowest BCUT2D eigenvalue weighted by atomic mass is 9.70. The van der Waals surface area contributed by atoms with Gasteiger partial charge in [0.25, 0.3) is 5.91 Å². The second-order valence-electron chi connectivity index (χ2n) is 9.32. The summed E-state index contributed by atoms with van der Waals surface area (Å²) in [5.41, 5.74) is 1.75. The lowest BCUT2D eigenvalue weighted by Crippen LogP contribution is -2.43. The van der Waals surface area contributed by atoms with Crippen molar-refractivity contribution in [3.05, 3.63) is 59.9 Å². The average Bonchev–Trinajstić information content (AvgIpc) is 3.35. The summed E-state index contributed by atoms with van der Waals surface area (Å²) in [6.07, 6.45) is 7.73. The van der Waals surface area contributed by atoms with Gasteiger partial charge < -0.3 is 14.6 Å². The first-order chi connectivity index (χ1) is 12.8. The average molecular weight is 367 g/mol. The highest BCUT2D eigenvalue weighted by Crippen LogP contribution is 2.51. The van der Waals surface area contributed by atoms with Gasteiger partial charge in [0.1, 0.15) is 0 Å². The van der Waals surface area contributed by atoms with Crippen LogP contribution in [0.25, 0.3) is 0 Å². The van der Waals surface area contributed by atoms with Crippen LogP contribution in [0.15, 0.2) is 48.8 Å². The van der Waals surface area contributed by atoms with Crippen LogP contribution in [0.4, 0.5) is 0 Å². The first-order valence-electron chi connectivity index (χ1n) is 10.00. The Morgan fingerprint density at radius 2 is 1.93 bits per heavy atom. The van der Waals surface area contributed by atoms with Crippen molar-refractivity contribution in [2.75, 3.05) is 6.61 Å². The van der Waals surface area contributed by atoms with Crippen LogP contribution in [0, 0.1) is 5.41 Å². The van der Waals surface area contributed by atoms with Crippen LogP contribution in [0.1, 0.15) is 56.0 Å². The molecule has 0 spiro atoms. The predicted molar refractivity (Wildman–Crippen MR) is 107 cm³/mol. The minimum Gasteiger partial charge on any atom is -0.396 e. The third kappa shape index (κ3) is 3.10. The zero-order chi connectivity index (χ0) is 19.2. The third-order valence-corrected chi connectivity index (χ3v) is 6.51. The van der Waals surface area contributed by atoms with Crippen molar-refractivity contribution < 1.29 is 9.90 Å². The SMILES string of the molecule is CC(C)(C)n1ccc(C(=O)N2[C@H]3CC[C@@H]2[C@@](CO)(Cc2ccccc2)C3)c1. The predicted octanol–water partition coefficient (Wildman–Crippen LogP) is 3.84. The standard InChI is InChI=1S/C23H30N2O2/c1-22(2,3)24-12-11-18(15-24)21(27)25-19-9-10-20(25)23(14-19,16-26)13-17-7-5-4-6-8-17/h4-8,11-12,15,19-20,26H,9-10,13-14,16H2,1-3H3/t19-,20+,23-/m0/s1. The zero-order valence-corrected chi connectivity index (χ0v) is 16.6. The Kier molecular flexibility index (Phi) is 4.42. The van der Waals surface area contributed by atoms with E-state index < -0.39 is 0 Å². The lowest BCUT2D eigenvalue weighted by Gasteiger charge is -2.36. The van der Waals surface area contributed by atoms with Gasteiger partial charge in [-0.05, 0) is 58.1 Å². The van der Waals surface area contributed by atoms with E-state index in [2.05, 4.69) is 42.4 Å². The van der Waals surface area contributed by atoms with Crippen molar-refractivity contribution in [2.24, 2.45) is 5.41 Å². The normalized spacial score (nSPS) is 27.3. The third-order valence-electron chi connectivity index (χ3n) is 6.51. The summed E-state index contributed by atoms with van der Waals surface area (Å²) in [5, 5.41) is 10.3. The largest absolute Gasteiger partial charge is 0.396 e. The van der Waals surface area contributed by atoms with Crippen molar-refractivity contribution in [3.63, 3.8) is 0 Å². The van der Waals surface area contributed by atoms with E-state index in [0.717, 1.165) is 31.2 Å². The maximum atomic E-state index is 13.3. The number of rotatable bonds is 4. The van der Waals surface area contributed by atoms with Crippen LogP contribution in [-0.2, 0) is 12.0 Å². The number of aliphatic hydroxyl groups is 1. The van der Waals surface area contributed by atoms with Gasteiger partial charge in [0.15, 0.2) is 0 Å². The summed E-state index contributed by atoms with van der Waals surface area (Å²) in [6.45, 7) is 6.54. The summed E-state index contributed by atoms with van der Waals surface area (Å²) in [7, 11) is 0. The van der Waals surface area contributed by atoms with Crippen molar-refractivity contribution in [2.45, 2.75) is 64.1 Å². The summed E-state index contributed by atoms with van der Waals surface area (Å²) in [5.74, 6) is 0.119. The van der Waals surface area contributed by atoms with E-state index in [1.807, 2.05) is 36.7 Å². The van der Waals surface area contributed by atoms with Crippen molar-refractivity contribution in [1.82, 2.24) is 9.47 Å². The van der Waals surface area contributed by atoms with E-state index in [1.165, 1.54) is 5.56 Å². The Hall–Kier alpha value is -2.07. The number of amides is 1. The van der Waals surface area contributed by atoms with Gasteiger partial charge in [-0.25, -0.2) is 0 Å². The molecule has 27 heavy (non-hydrogen) atoms. The number of benzene rings is 1. The zero-order valence-electron chi connectivity index (χ0n) is 16.6. The Bertz CT molecular complexity index is 820.